The van der Waals surface area contributed by atoms with E-state index in [4.69, 9.17) is 24.1 Å². The molecule has 0 radical (unpaired) electrons. The van der Waals surface area contributed by atoms with Crippen LogP contribution in [0.15, 0.2) is 48.5 Å². The molecule has 40 heavy (non-hydrogen) atoms. The van der Waals surface area contributed by atoms with Crippen LogP contribution in [0.25, 0.3) is 11.1 Å². The van der Waals surface area contributed by atoms with Gasteiger partial charge in [-0.2, -0.15) is 0 Å². The van der Waals surface area contributed by atoms with Crippen LogP contribution in [-0.4, -0.2) is 55.0 Å². The Hall–Kier alpha value is -4.20. The first kappa shape index (κ1) is 26.0. The SMILES string of the molecule is Cc1cc(OCCN2CCOC2=O)cc(C)c1-c1cccc2c1CCC2Oc1ccc2c(c1)OCC2CC(=O)O. The van der Waals surface area contributed by atoms with Gasteiger partial charge in [0.2, 0.25) is 0 Å². The van der Waals surface area contributed by atoms with E-state index in [9.17, 15) is 9.59 Å². The number of carbonyl (C=O) groups excluding carboxylic acids is 1. The molecule has 1 fully saturated rings. The van der Waals surface area contributed by atoms with Gasteiger partial charge in [0.1, 0.15) is 36.6 Å². The van der Waals surface area contributed by atoms with E-state index in [0.29, 0.717) is 38.7 Å². The molecule has 3 aromatic carbocycles. The summed E-state index contributed by atoms with van der Waals surface area (Å²) in [5.74, 6) is 1.30. The zero-order valence-corrected chi connectivity index (χ0v) is 22.8. The Labute approximate surface area is 233 Å². The van der Waals surface area contributed by atoms with Crippen LogP contribution >= 0.6 is 0 Å². The lowest BCUT2D eigenvalue weighted by molar-refractivity contribution is -0.137. The highest BCUT2D eigenvalue weighted by Crippen LogP contribution is 2.44. The molecule has 1 N–H and O–H groups in total. The molecule has 0 aromatic heterocycles. The van der Waals surface area contributed by atoms with E-state index in [1.165, 1.54) is 22.3 Å². The van der Waals surface area contributed by atoms with Crippen LogP contribution in [0.1, 0.15) is 52.7 Å². The normalized spacial score (nSPS) is 19.1. The second-order valence-electron chi connectivity index (χ2n) is 10.7. The predicted molar refractivity (Wildman–Crippen MR) is 148 cm³/mol. The van der Waals surface area contributed by atoms with E-state index in [1.54, 1.807) is 4.90 Å². The number of amides is 1. The summed E-state index contributed by atoms with van der Waals surface area (Å²) < 4.78 is 23.2. The van der Waals surface area contributed by atoms with Crippen molar-refractivity contribution < 1.29 is 33.6 Å². The van der Waals surface area contributed by atoms with Crippen molar-refractivity contribution in [3.8, 4) is 28.4 Å². The number of benzene rings is 3. The minimum absolute atomic E-state index is 0.0625. The van der Waals surface area contributed by atoms with Gasteiger partial charge in [-0.25, -0.2) is 4.79 Å². The van der Waals surface area contributed by atoms with Crippen LogP contribution in [0.5, 0.6) is 17.2 Å². The van der Waals surface area contributed by atoms with E-state index in [-0.39, 0.29) is 24.5 Å². The largest absolute Gasteiger partial charge is 0.492 e. The molecule has 2 aliphatic heterocycles. The number of hydrogen-bond acceptors (Lipinski definition) is 6. The number of hydrogen-bond donors (Lipinski definition) is 1. The second kappa shape index (κ2) is 10.8. The molecule has 0 bridgehead atoms. The van der Waals surface area contributed by atoms with E-state index in [2.05, 4.69) is 44.2 Å². The zero-order valence-electron chi connectivity index (χ0n) is 22.8. The molecule has 2 heterocycles. The monoisotopic (exact) mass is 543 g/mol. The maximum Gasteiger partial charge on any atom is 0.410 e. The Morgan fingerprint density at radius 1 is 1.05 bits per heavy atom. The summed E-state index contributed by atoms with van der Waals surface area (Å²) >= 11 is 0. The van der Waals surface area contributed by atoms with Crippen LogP contribution in [0, 0.1) is 13.8 Å². The van der Waals surface area contributed by atoms with Gasteiger partial charge in [-0.15, -0.1) is 0 Å². The van der Waals surface area contributed by atoms with E-state index in [0.717, 1.165) is 41.0 Å². The Morgan fingerprint density at radius 3 is 2.62 bits per heavy atom. The quantitative estimate of drug-likeness (QED) is 0.364. The third kappa shape index (κ3) is 5.06. The van der Waals surface area contributed by atoms with Crippen LogP contribution in [0.2, 0.25) is 0 Å². The number of carboxylic acid groups (broad SMARTS) is 1. The highest BCUT2D eigenvalue weighted by molar-refractivity contribution is 5.76. The van der Waals surface area contributed by atoms with Gasteiger partial charge < -0.3 is 29.0 Å². The first-order chi connectivity index (χ1) is 19.4. The molecule has 2 unspecified atom stereocenters. The molecule has 3 aliphatic rings. The molecule has 6 rings (SSSR count). The van der Waals surface area contributed by atoms with Crippen molar-refractivity contribution >= 4 is 12.1 Å². The minimum atomic E-state index is -0.821. The summed E-state index contributed by atoms with van der Waals surface area (Å²) in [5.41, 5.74) is 8.14. The number of carbonyl (C=O) groups is 2. The highest BCUT2D eigenvalue weighted by Gasteiger charge is 2.30. The molecule has 3 aromatic rings. The fraction of sp³-hybridized carbons (Fsp3) is 0.375. The number of aliphatic carboxylic acids is 1. The molecule has 8 heteroatoms. The smallest absolute Gasteiger partial charge is 0.410 e. The van der Waals surface area contributed by atoms with Crippen molar-refractivity contribution in [1.82, 2.24) is 4.90 Å². The van der Waals surface area contributed by atoms with Gasteiger partial charge in [-0.05, 0) is 78.3 Å². The van der Waals surface area contributed by atoms with Crippen molar-refractivity contribution in [1.29, 1.82) is 0 Å². The van der Waals surface area contributed by atoms with Crippen molar-refractivity contribution in [2.75, 3.05) is 32.9 Å². The van der Waals surface area contributed by atoms with Gasteiger partial charge in [-0.1, -0.05) is 24.3 Å². The Balaban J connectivity index is 1.18. The highest BCUT2D eigenvalue weighted by atomic mass is 16.6. The topological polar surface area (TPSA) is 94.5 Å². The first-order valence-corrected chi connectivity index (χ1v) is 13.8. The lowest BCUT2D eigenvalue weighted by atomic mass is 9.90. The first-order valence-electron chi connectivity index (χ1n) is 13.8. The molecule has 8 nitrogen and oxygen atoms in total. The van der Waals surface area contributed by atoms with E-state index >= 15 is 0 Å². The Bertz CT molecular complexity index is 1440. The number of aryl methyl sites for hydroxylation is 2. The van der Waals surface area contributed by atoms with Gasteiger partial charge >= 0.3 is 12.1 Å². The number of carboxylic acids is 1. The molecule has 2 atom stereocenters. The lowest BCUT2D eigenvalue weighted by Gasteiger charge is -2.19. The number of fused-ring (bicyclic) bond motifs is 2. The van der Waals surface area contributed by atoms with Gasteiger partial charge in [0.05, 0.1) is 26.1 Å². The van der Waals surface area contributed by atoms with Crippen molar-refractivity contribution in [2.24, 2.45) is 0 Å². The lowest BCUT2D eigenvalue weighted by Crippen LogP contribution is -2.29. The second-order valence-corrected chi connectivity index (χ2v) is 10.7. The van der Waals surface area contributed by atoms with Crippen LogP contribution in [-0.2, 0) is 16.0 Å². The molecule has 208 valence electrons. The molecular formula is C32H33NO7. The fourth-order valence-electron chi connectivity index (χ4n) is 6.18. The number of cyclic esters (lactones) is 1. The summed E-state index contributed by atoms with van der Waals surface area (Å²) in [7, 11) is 0. The van der Waals surface area contributed by atoms with Crippen LogP contribution in [0.4, 0.5) is 4.79 Å². The summed E-state index contributed by atoms with van der Waals surface area (Å²) in [4.78, 5) is 24.5. The zero-order chi connectivity index (χ0) is 27.8. The number of nitrogens with zero attached hydrogens (tertiary/aromatic N) is 1. The Kier molecular flexibility index (Phi) is 7.00. The van der Waals surface area contributed by atoms with E-state index in [1.807, 2.05) is 18.2 Å². The molecule has 1 saturated heterocycles. The third-order valence-corrected chi connectivity index (χ3v) is 8.03. The van der Waals surface area contributed by atoms with Gasteiger partial charge in [0, 0.05) is 17.5 Å². The molecule has 0 saturated carbocycles. The van der Waals surface area contributed by atoms with Crippen molar-refractivity contribution in [2.45, 2.75) is 45.1 Å². The summed E-state index contributed by atoms with van der Waals surface area (Å²) in [6.45, 7) is 6.57. The summed E-state index contributed by atoms with van der Waals surface area (Å²) in [6, 6.07) is 16.3. The minimum Gasteiger partial charge on any atom is -0.492 e. The van der Waals surface area contributed by atoms with Crippen LogP contribution < -0.4 is 14.2 Å². The van der Waals surface area contributed by atoms with Gasteiger partial charge in [0.25, 0.3) is 0 Å². The molecular weight excluding hydrogens is 510 g/mol. The summed E-state index contributed by atoms with van der Waals surface area (Å²) in [6.07, 6.45) is 1.52. The van der Waals surface area contributed by atoms with Crippen molar-refractivity contribution in [3.63, 3.8) is 0 Å². The Morgan fingerprint density at radius 2 is 1.88 bits per heavy atom. The number of rotatable bonds is 9. The average molecular weight is 544 g/mol. The summed E-state index contributed by atoms with van der Waals surface area (Å²) in [5, 5.41) is 9.17. The van der Waals surface area contributed by atoms with Gasteiger partial charge in [-0.3, -0.25) is 4.79 Å². The predicted octanol–water partition coefficient (Wildman–Crippen LogP) is 5.82. The van der Waals surface area contributed by atoms with Gasteiger partial charge in [0.15, 0.2) is 0 Å². The third-order valence-electron chi connectivity index (χ3n) is 8.03. The number of ether oxygens (including phenoxy) is 4. The fourth-order valence-corrected chi connectivity index (χ4v) is 6.18. The molecule has 1 amide bonds. The van der Waals surface area contributed by atoms with Crippen molar-refractivity contribution in [3.05, 3.63) is 76.3 Å². The standard InChI is InChI=1S/C32H33NO7/c1-19-14-23(37-12-10-33-11-13-38-32(33)36)15-20(2)31(19)27-5-3-4-26-25(27)8-9-28(26)40-22-6-7-24-21(16-30(34)35)18-39-29(24)17-22/h3-7,14-15,17,21,28H,8-13,16,18H2,1-2H3,(H,34,35). The average Bonchev–Trinajstić information content (AvgIpc) is 3.63. The van der Waals surface area contributed by atoms with E-state index < -0.39 is 5.97 Å². The maximum atomic E-state index is 11.6. The molecule has 0 spiro atoms. The molecule has 1 aliphatic carbocycles. The van der Waals surface area contributed by atoms with Crippen LogP contribution in [0.3, 0.4) is 0 Å². The maximum absolute atomic E-state index is 11.6.